The Morgan fingerprint density at radius 3 is 2.06 bits per heavy atom. The molecule has 1 heterocycles. The summed E-state index contributed by atoms with van der Waals surface area (Å²) >= 11 is 0. The van der Waals surface area contributed by atoms with Gasteiger partial charge in [0.2, 0.25) is 10.0 Å². The molecule has 0 saturated carbocycles. The average Bonchev–Trinajstić information content (AvgIpc) is 3.20. The molecule has 4 aromatic carbocycles. The zero-order chi connectivity index (χ0) is 25.2. The fourth-order valence-corrected chi connectivity index (χ4v) is 8.49. The lowest BCUT2D eigenvalue weighted by Gasteiger charge is -2.32. The predicted molar refractivity (Wildman–Crippen MR) is 143 cm³/mol. The van der Waals surface area contributed by atoms with E-state index in [-0.39, 0.29) is 22.9 Å². The predicted octanol–water partition coefficient (Wildman–Crippen LogP) is 3.99. The first-order valence-corrected chi connectivity index (χ1v) is 15.1. The molecule has 5 rings (SSSR count). The molecule has 4 aromatic rings. The Labute approximate surface area is 212 Å². The van der Waals surface area contributed by atoms with Gasteiger partial charge in [0.25, 0.3) is 0 Å². The number of rotatable bonds is 8. The van der Waals surface area contributed by atoms with Crippen molar-refractivity contribution in [2.45, 2.75) is 30.1 Å². The highest BCUT2D eigenvalue weighted by Crippen LogP contribution is 2.29. The molecule has 1 saturated heterocycles. The monoisotopic (exact) mass is 520 g/mol. The largest absolute Gasteiger partial charge is 0.307 e. The SMILES string of the molecule is O=S1(=O)C[C@H](NCc2ccccc2)[C@H](N(Cc2ccccc2)S(=O)(=O)c2ccc3ccccc3c2)C1. The molecule has 0 unspecified atom stereocenters. The smallest absolute Gasteiger partial charge is 0.243 e. The number of hydrogen-bond acceptors (Lipinski definition) is 5. The van der Waals surface area contributed by atoms with Gasteiger partial charge in [0, 0.05) is 19.1 Å². The van der Waals surface area contributed by atoms with Gasteiger partial charge < -0.3 is 5.32 Å². The molecule has 1 aliphatic rings. The number of fused-ring (bicyclic) bond motifs is 1. The van der Waals surface area contributed by atoms with E-state index in [1.165, 1.54) is 4.31 Å². The van der Waals surface area contributed by atoms with Crippen LogP contribution < -0.4 is 5.32 Å². The summed E-state index contributed by atoms with van der Waals surface area (Å²) in [6.45, 7) is 0.534. The molecule has 0 bridgehead atoms. The van der Waals surface area contributed by atoms with Crippen LogP contribution in [-0.4, -0.2) is 44.7 Å². The second-order valence-corrected chi connectivity index (χ2v) is 13.2. The molecule has 6 nitrogen and oxygen atoms in total. The number of sulfone groups is 1. The van der Waals surface area contributed by atoms with Crippen LogP contribution in [0.3, 0.4) is 0 Å². The molecular weight excluding hydrogens is 492 g/mol. The lowest BCUT2D eigenvalue weighted by molar-refractivity contribution is 0.286. The first-order valence-electron chi connectivity index (χ1n) is 11.8. The van der Waals surface area contributed by atoms with Gasteiger partial charge in [-0.3, -0.25) is 0 Å². The summed E-state index contributed by atoms with van der Waals surface area (Å²) < 4.78 is 55.2. The van der Waals surface area contributed by atoms with Crippen molar-refractivity contribution in [2.24, 2.45) is 0 Å². The Hall–Kier alpha value is -3.04. The van der Waals surface area contributed by atoms with Crippen LogP contribution in [-0.2, 0) is 33.0 Å². The fraction of sp³-hybridized carbons (Fsp3) is 0.214. The van der Waals surface area contributed by atoms with Crippen molar-refractivity contribution in [1.82, 2.24) is 9.62 Å². The van der Waals surface area contributed by atoms with E-state index in [4.69, 9.17) is 0 Å². The second-order valence-electron chi connectivity index (χ2n) is 9.16. The van der Waals surface area contributed by atoms with Crippen LogP contribution in [0.15, 0.2) is 108 Å². The standard InChI is InChI=1S/C28H28N2O4S2/c31-35(32)20-27(29-18-22-9-3-1-4-10-22)28(21-35)30(19-23-11-5-2-6-12-23)36(33,34)26-16-15-24-13-7-8-14-25(24)17-26/h1-17,27-29H,18-21H2/t27-,28+/m0/s1. The highest BCUT2D eigenvalue weighted by Gasteiger charge is 2.45. The van der Waals surface area contributed by atoms with Crippen LogP contribution in [0.4, 0.5) is 0 Å². The molecule has 2 atom stereocenters. The van der Waals surface area contributed by atoms with E-state index in [1.54, 1.807) is 18.2 Å². The Morgan fingerprint density at radius 2 is 1.36 bits per heavy atom. The summed E-state index contributed by atoms with van der Waals surface area (Å²) in [5.74, 6) is -0.331. The molecule has 1 N–H and O–H groups in total. The molecule has 0 amide bonds. The molecule has 36 heavy (non-hydrogen) atoms. The zero-order valence-corrected chi connectivity index (χ0v) is 21.3. The van der Waals surface area contributed by atoms with Crippen molar-refractivity contribution < 1.29 is 16.8 Å². The first-order chi connectivity index (χ1) is 17.3. The Morgan fingerprint density at radius 1 is 0.750 bits per heavy atom. The van der Waals surface area contributed by atoms with Gasteiger partial charge in [-0.15, -0.1) is 0 Å². The van der Waals surface area contributed by atoms with Crippen molar-refractivity contribution in [3.8, 4) is 0 Å². The van der Waals surface area contributed by atoms with Crippen LogP contribution in [0, 0.1) is 0 Å². The topological polar surface area (TPSA) is 83.6 Å². The normalized spacial score (nSPS) is 19.6. The summed E-state index contributed by atoms with van der Waals surface area (Å²) in [7, 11) is -7.44. The average molecular weight is 521 g/mol. The lowest BCUT2D eigenvalue weighted by atomic mass is 10.1. The number of benzene rings is 4. The van der Waals surface area contributed by atoms with Crippen LogP contribution in [0.5, 0.6) is 0 Å². The van der Waals surface area contributed by atoms with E-state index < -0.39 is 31.9 Å². The molecule has 8 heteroatoms. The minimum absolute atomic E-state index is 0.0830. The minimum atomic E-state index is -4.01. The maximum atomic E-state index is 14.1. The Balaban J connectivity index is 1.53. The third-order valence-corrected chi connectivity index (χ3v) is 10.2. The van der Waals surface area contributed by atoms with Gasteiger partial charge in [-0.25, -0.2) is 16.8 Å². The van der Waals surface area contributed by atoms with Crippen LogP contribution in [0.25, 0.3) is 10.8 Å². The van der Waals surface area contributed by atoms with Crippen molar-refractivity contribution in [3.63, 3.8) is 0 Å². The van der Waals surface area contributed by atoms with Gasteiger partial charge in [0.15, 0.2) is 9.84 Å². The minimum Gasteiger partial charge on any atom is -0.307 e. The van der Waals surface area contributed by atoms with Crippen molar-refractivity contribution >= 4 is 30.6 Å². The number of hydrogen-bond donors (Lipinski definition) is 1. The van der Waals surface area contributed by atoms with E-state index >= 15 is 0 Å². The van der Waals surface area contributed by atoms with Gasteiger partial charge in [0.05, 0.1) is 22.4 Å². The quantitative estimate of drug-likeness (QED) is 0.380. The van der Waals surface area contributed by atoms with Crippen LogP contribution in [0.2, 0.25) is 0 Å². The van der Waals surface area contributed by atoms with Crippen molar-refractivity contribution in [2.75, 3.05) is 11.5 Å². The maximum Gasteiger partial charge on any atom is 0.243 e. The van der Waals surface area contributed by atoms with E-state index in [0.717, 1.165) is 21.9 Å². The molecule has 0 aromatic heterocycles. The zero-order valence-electron chi connectivity index (χ0n) is 19.7. The second kappa shape index (κ2) is 10.1. The number of nitrogens with zero attached hydrogens (tertiary/aromatic N) is 1. The molecule has 0 radical (unpaired) electrons. The maximum absolute atomic E-state index is 14.1. The highest BCUT2D eigenvalue weighted by molar-refractivity contribution is 7.92. The molecule has 1 fully saturated rings. The van der Waals surface area contributed by atoms with Gasteiger partial charge in [-0.2, -0.15) is 4.31 Å². The molecule has 0 aliphatic carbocycles. The highest BCUT2D eigenvalue weighted by atomic mass is 32.2. The Bertz CT molecular complexity index is 1560. The van der Waals surface area contributed by atoms with Gasteiger partial charge in [-0.05, 0) is 34.0 Å². The van der Waals surface area contributed by atoms with Crippen LogP contribution in [0.1, 0.15) is 11.1 Å². The molecular formula is C28H28N2O4S2. The van der Waals surface area contributed by atoms with Gasteiger partial charge >= 0.3 is 0 Å². The van der Waals surface area contributed by atoms with E-state index in [2.05, 4.69) is 5.32 Å². The molecule has 0 spiro atoms. The van der Waals surface area contributed by atoms with Crippen LogP contribution >= 0.6 is 0 Å². The number of nitrogens with one attached hydrogen (secondary N) is 1. The number of sulfonamides is 1. The third kappa shape index (κ3) is 5.37. The van der Waals surface area contributed by atoms with Gasteiger partial charge in [-0.1, -0.05) is 91.0 Å². The van der Waals surface area contributed by atoms with E-state index in [9.17, 15) is 16.8 Å². The summed E-state index contributed by atoms with van der Waals surface area (Å²) in [6.07, 6.45) is 0. The van der Waals surface area contributed by atoms with E-state index in [1.807, 2.05) is 84.9 Å². The summed E-state index contributed by atoms with van der Waals surface area (Å²) in [5.41, 5.74) is 1.81. The summed E-state index contributed by atoms with van der Waals surface area (Å²) in [5, 5.41) is 5.10. The summed E-state index contributed by atoms with van der Waals surface area (Å²) in [6, 6.07) is 30.3. The first kappa shape index (κ1) is 24.6. The third-order valence-electron chi connectivity index (χ3n) is 6.61. The van der Waals surface area contributed by atoms with Gasteiger partial charge in [0.1, 0.15) is 0 Å². The summed E-state index contributed by atoms with van der Waals surface area (Å²) in [4.78, 5) is 0.156. The lowest BCUT2D eigenvalue weighted by Crippen LogP contribution is -2.51. The van der Waals surface area contributed by atoms with E-state index in [0.29, 0.717) is 6.54 Å². The molecule has 1 aliphatic heterocycles. The Kier molecular flexibility index (Phi) is 6.94. The van der Waals surface area contributed by atoms with Crippen molar-refractivity contribution in [1.29, 1.82) is 0 Å². The molecule has 186 valence electrons. The fourth-order valence-electron chi connectivity index (χ4n) is 4.76. The van der Waals surface area contributed by atoms with Crippen molar-refractivity contribution in [3.05, 3.63) is 114 Å².